The lowest BCUT2D eigenvalue weighted by molar-refractivity contribution is -0.146. The van der Waals surface area contributed by atoms with Gasteiger partial charge in [0.25, 0.3) is 0 Å². The predicted octanol–water partition coefficient (Wildman–Crippen LogP) is 4.51. The maximum absolute atomic E-state index is 14.8. The van der Waals surface area contributed by atoms with Gasteiger partial charge in [-0.15, -0.1) is 0 Å². The minimum atomic E-state index is -5.03. The fourth-order valence-electron chi connectivity index (χ4n) is 4.07. The van der Waals surface area contributed by atoms with Crippen molar-refractivity contribution in [1.29, 1.82) is 0 Å². The zero-order valence-electron chi connectivity index (χ0n) is 19.9. The summed E-state index contributed by atoms with van der Waals surface area (Å²) in [4.78, 5) is 29.3. The predicted molar refractivity (Wildman–Crippen MR) is 122 cm³/mol. The number of hydrogen-bond acceptors (Lipinski definition) is 7. The van der Waals surface area contributed by atoms with Crippen LogP contribution in [0.1, 0.15) is 24.0 Å². The normalized spacial score (nSPS) is 21.2. The molecule has 1 fully saturated rings. The maximum atomic E-state index is 14.8. The number of rotatable bonds is 8. The molecule has 196 valence electrons. The number of hydrogen-bond donors (Lipinski definition) is 0. The second-order valence-corrected chi connectivity index (χ2v) is 8.48. The van der Waals surface area contributed by atoms with Gasteiger partial charge in [-0.05, 0) is 36.2 Å². The molecule has 0 spiro atoms. The van der Waals surface area contributed by atoms with Crippen molar-refractivity contribution in [2.24, 2.45) is 10.9 Å². The van der Waals surface area contributed by atoms with E-state index in [9.17, 15) is 27.2 Å². The van der Waals surface area contributed by atoms with Crippen LogP contribution in [0.15, 0.2) is 64.8 Å². The molecule has 0 aliphatic carbocycles. The molecule has 4 rings (SSSR count). The largest absolute Gasteiger partial charge is 0.491 e. The summed E-state index contributed by atoms with van der Waals surface area (Å²) in [6.07, 6.45) is -4.95. The third-order valence-electron chi connectivity index (χ3n) is 5.95. The number of allylic oxidation sites excluding steroid dienone is 1. The number of ether oxygens (including phenoxy) is 4. The zero-order chi connectivity index (χ0) is 26.7. The molecule has 0 radical (unpaired) electrons. The van der Waals surface area contributed by atoms with Crippen molar-refractivity contribution in [3.8, 4) is 5.75 Å². The first-order chi connectivity index (χ1) is 17.6. The monoisotopic (exact) mass is 521 g/mol. The third kappa shape index (κ3) is 5.99. The van der Waals surface area contributed by atoms with Crippen molar-refractivity contribution >= 4 is 17.7 Å². The molecule has 3 atom stereocenters. The molecular formula is C26H23F4NO6. The lowest BCUT2D eigenvalue weighted by Crippen LogP contribution is -2.44. The molecular weight excluding hydrogens is 498 g/mol. The molecule has 1 saturated heterocycles. The number of epoxide rings is 1. The molecule has 3 unspecified atom stereocenters. The van der Waals surface area contributed by atoms with Crippen LogP contribution in [0.25, 0.3) is 0 Å². The van der Waals surface area contributed by atoms with Crippen LogP contribution >= 0.6 is 0 Å². The molecule has 0 N–H and O–H groups in total. The Morgan fingerprint density at radius 1 is 1.11 bits per heavy atom. The quantitative estimate of drug-likeness (QED) is 0.289. The molecule has 37 heavy (non-hydrogen) atoms. The van der Waals surface area contributed by atoms with E-state index in [1.807, 2.05) is 0 Å². The van der Waals surface area contributed by atoms with Crippen molar-refractivity contribution in [3.63, 3.8) is 0 Å². The van der Waals surface area contributed by atoms with Crippen molar-refractivity contribution in [1.82, 2.24) is 0 Å². The molecule has 0 bridgehead atoms. The third-order valence-corrected chi connectivity index (χ3v) is 5.95. The van der Waals surface area contributed by atoms with E-state index in [2.05, 4.69) is 9.73 Å². The van der Waals surface area contributed by atoms with Gasteiger partial charge in [-0.3, -0.25) is 9.79 Å². The number of aliphatic imine (C=N–C) groups is 1. The van der Waals surface area contributed by atoms with Gasteiger partial charge < -0.3 is 18.9 Å². The lowest BCUT2D eigenvalue weighted by atomic mass is 9.75. The van der Waals surface area contributed by atoms with E-state index in [4.69, 9.17) is 14.2 Å². The topological polar surface area (TPSA) is 86.7 Å². The maximum Gasteiger partial charge on any atom is 0.430 e. The molecule has 11 heteroatoms. The van der Waals surface area contributed by atoms with Gasteiger partial charge in [-0.1, -0.05) is 30.3 Å². The summed E-state index contributed by atoms with van der Waals surface area (Å²) in [7, 11) is 0.906. The Hall–Kier alpha value is -3.73. The molecule has 2 aromatic carbocycles. The number of carbonyl (C=O) groups excluding carboxylic acids is 2. The van der Waals surface area contributed by atoms with Crippen LogP contribution in [0.2, 0.25) is 0 Å². The van der Waals surface area contributed by atoms with E-state index in [1.165, 1.54) is 25.1 Å². The van der Waals surface area contributed by atoms with Crippen LogP contribution in [0, 0.1) is 11.7 Å². The SMILES string of the molecule is COC(=O)C1C(C(F)(F)F)=NC(C)=C(C(=O)OCc2ccc(OCC3CO3)cc2)C1c1ccccc1F. The fraction of sp³-hybridized carbons (Fsp3) is 0.346. The van der Waals surface area contributed by atoms with Gasteiger partial charge in [0.05, 0.1) is 19.3 Å². The van der Waals surface area contributed by atoms with Gasteiger partial charge in [0.15, 0.2) is 0 Å². The van der Waals surface area contributed by atoms with Gasteiger partial charge >= 0.3 is 18.1 Å². The molecule has 7 nitrogen and oxygen atoms in total. The number of carbonyl (C=O) groups is 2. The highest BCUT2D eigenvalue weighted by Gasteiger charge is 2.53. The van der Waals surface area contributed by atoms with Crippen molar-refractivity contribution in [3.05, 3.63) is 76.7 Å². The van der Waals surface area contributed by atoms with Crippen LogP contribution in [-0.2, 0) is 30.4 Å². The van der Waals surface area contributed by atoms with E-state index in [-0.39, 0.29) is 29.5 Å². The number of esters is 2. The first kappa shape index (κ1) is 26.3. The van der Waals surface area contributed by atoms with E-state index < -0.39 is 41.5 Å². The molecule has 2 heterocycles. The molecule has 2 aromatic rings. The summed E-state index contributed by atoms with van der Waals surface area (Å²) >= 11 is 0. The Balaban J connectivity index is 1.64. The summed E-state index contributed by atoms with van der Waals surface area (Å²) in [6.45, 7) is 2.02. The summed E-state index contributed by atoms with van der Waals surface area (Å²) in [5, 5.41) is 0. The van der Waals surface area contributed by atoms with Gasteiger partial charge in [0, 0.05) is 11.6 Å². The van der Waals surface area contributed by atoms with Gasteiger partial charge in [0.2, 0.25) is 0 Å². The number of methoxy groups -OCH3 is 1. The fourth-order valence-corrected chi connectivity index (χ4v) is 4.07. The highest BCUT2D eigenvalue weighted by atomic mass is 19.4. The van der Waals surface area contributed by atoms with Crippen LogP contribution in [0.3, 0.4) is 0 Å². The van der Waals surface area contributed by atoms with Crippen molar-refractivity contribution in [2.75, 3.05) is 20.3 Å². The second-order valence-electron chi connectivity index (χ2n) is 8.48. The Bertz CT molecular complexity index is 1230. The number of halogens is 4. The van der Waals surface area contributed by atoms with Crippen LogP contribution in [0.5, 0.6) is 5.75 Å². The number of nitrogens with zero attached hydrogens (tertiary/aromatic N) is 1. The number of benzene rings is 2. The first-order valence-corrected chi connectivity index (χ1v) is 11.3. The highest BCUT2D eigenvalue weighted by molar-refractivity contribution is 6.10. The van der Waals surface area contributed by atoms with Gasteiger partial charge in [-0.25, -0.2) is 9.18 Å². The van der Waals surface area contributed by atoms with Gasteiger partial charge in [0.1, 0.15) is 42.5 Å². The summed E-state index contributed by atoms with van der Waals surface area (Å²) < 4.78 is 77.1. The van der Waals surface area contributed by atoms with Crippen molar-refractivity contribution < 1.29 is 46.1 Å². The second kappa shape index (κ2) is 10.7. The van der Waals surface area contributed by atoms with Crippen LogP contribution in [-0.4, -0.2) is 50.3 Å². The minimum Gasteiger partial charge on any atom is -0.491 e. The average Bonchev–Trinajstić information content (AvgIpc) is 3.70. The first-order valence-electron chi connectivity index (χ1n) is 11.3. The Morgan fingerprint density at radius 2 is 1.78 bits per heavy atom. The summed E-state index contributed by atoms with van der Waals surface area (Å²) in [5.74, 6) is -6.43. The Morgan fingerprint density at radius 3 is 2.38 bits per heavy atom. The van der Waals surface area contributed by atoms with Gasteiger partial charge in [-0.2, -0.15) is 13.2 Å². The summed E-state index contributed by atoms with van der Waals surface area (Å²) in [6, 6.07) is 11.6. The number of alkyl halides is 3. The summed E-state index contributed by atoms with van der Waals surface area (Å²) in [5.41, 5.74) is -1.89. The lowest BCUT2D eigenvalue weighted by Gasteiger charge is -2.33. The molecule has 0 aromatic heterocycles. The molecule has 0 saturated carbocycles. The van der Waals surface area contributed by atoms with E-state index in [1.54, 1.807) is 24.3 Å². The molecule has 2 aliphatic heterocycles. The average molecular weight is 521 g/mol. The molecule has 2 aliphatic rings. The Labute approximate surface area is 209 Å². The van der Waals surface area contributed by atoms with E-state index in [0.29, 0.717) is 24.5 Å². The highest BCUT2D eigenvalue weighted by Crippen LogP contribution is 2.44. The Kier molecular flexibility index (Phi) is 7.63. The molecule has 0 amide bonds. The smallest absolute Gasteiger partial charge is 0.430 e. The van der Waals surface area contributed by atoms with Crippen molar-refractivity contribution in [2.45, 2.75) is 31.7 Å². The van der Waals surface area contributed by atoms with E-state index >= 15 is 0 Å². The zero-order valence-corrected chi connectivity index (χ0v) is 19.9. The standard InChI is InChI=1S/C26H23F4NO6/c1-14-20(25(33)37-11-15-7-9-16(10-8-15)35-12-17-13-36-17)21(18-5-3-4-6-19(18)27)22(24(32)34-2)23(31-14)26(28,29)30/h3-10,17,21-22H,11-13H2,1-2H3. The van der Waals surface area contributed by atoms with Crippen LogP contribution in [0.4, 0.5) is 17.6 Å². The van der Waals surface area contributed by atoms with Crippen LogP contribution < -0.4 is 4.74 Å². The minimum absolute atomic E-state index is 0.0874. The van der Waals surface area contributed by atoms with E-state index in [0.717, 1.165) is 13.2 Å².